The number of esters is 1. The highest BCUT2D eigenvalue weighted by Gasteiger charge is 2.03. The second-order valence-electron chi connectivity index (χ2n) is 3.72. The minimum absolute atomic E-state index is 0.293. The molecule has 0 atom stereocenters. The molecule has 0 saturated carbocycles. The van der Waals surface area contributed by atoms with Crippen LogP contribution < -0.4 is 0 Å². The van der Waals surface area contributed by atoms with Gasteiger partial charge in [-0.15, -0.1) is 0 Å². The molecule has 2 nitrogen and oxygen atoms in total. The van der Waals surface area contributed by atoms with Gasteiger partial charge in [0.25, 0.3) is 0 Å². The van der Waals surface area contributed by atoms with E-state index in [9.17, 15) is 4.79 Å². The molecule has 0 rings (SSSR count). The van der Waals surface area contributed by atoms with E-state index in [1.165, 1.54) is 0 Å². The van der Waals surface area contributed by atoms with E-state index in [0.29, 0.717) is 17.2 Å². The van der Waals surface area contributed by atoms with Gasteiger partial charge in [-0.1, -0.05) is 18.5 Å². The lowest BCUT2D eigenvalue weighted by Gasteiger charge is -2.02. The number of rotatable bonds is 2. The number of ether oxygens (including phenoxy) is 1. The van der Waals surface area contributed by atoms with Crippen LogP contribution in [0.3, 0.4) is 0 Å². The van der Waals surface area contributed by atoms with Crippen molar-refractivity contribution in [2.45, 2.75) is 41.0 Å². The molecule has 16 heavy (non-hydrogen) atoms. The molecule has 0 bridgehead atoms. The van der Waals surface area contributed by atoms with Crippen molar-refractivity contribution in [2.24, 2.45) is 0 Å². The topological polar surface area (TPSA) is 26.3 Å². The maximum Gasteiger partial charge on any atom is 0.311 e. The summed E-state index contributed by atoms with van der Waals surface area (Å²) in [5, 5.41) is 0.478. The van der Waals surface area contributed by atoms with E-state index in [1.54, 1.807) is 6.92 Å². The van der Waals surface area contributed by atoms with Crippen LogP contribution in [-0.4, -0.2) is 5.97 Å². The Hall–Kier alpha value is -1.20. The number of carbonyl (C=O) groups is 1. The van der Waals surface area contributed by atoms with Gasteiger partial charge in [0.15, 0.2) is 5.76 Å². The van der Waals surface area contributed by atoms with E-state index in [-0.39, 0.29) is 5.97 Å². The SMILES string of the molecule is CCC(=O)OC(C#CC(Cl)=C(C)C)=C(C)C. The Bertz CT molecular complexity index is 384. The number of allylic oxidation sites excluding steroid dienone is 4. The van der Waals surface area contributed by atoms with Crippen molar-refractivity contribution in [1.29, 1.82) is 0 Å². The van der Waals surface area contributed by atoms with Crippen LogP contribution in [0.25, 0.3) is 0 Å². The highest BCUT2D eigenvalue weighted by atomic mass is 35.5. The standard InChI is InChI=1S/C13H17ClO2/c1-6-13(15)16-12(10(4)5)8-7-11(14)9(2)3/h6H2,1-5H3. The highest BCUT2D eigenvalue weighted by Crippen LogP contribution is 2.09. The van der Waals surface area contributed by atoms with E-state index in [2.05, 4.69) is 11.8 Å². The van der Waals surface area contributed by atoms with Gasteiger partial charge in [-0.2, -0.15) is 0 Å². The summed E-state index contributed by atoms with van der Waals surface area (Å²) < 4.78 is 5.08. The molecule has 0 unspecified atom stereocenters. The smallest absolute Gasteiger partial charge is 0.311 e. The van der Waals surface area contributed by atoms with E-state index in [0.717, 1.165) is 11.1 Å². The maximum absolute atomic E-state index is 11.1. The molecule has 0 amide bonds. The van der Waals surface area contributed by atoms with E-state index in [4.69, 9.17) is 16.3 Å². The van der Waals surface area contributed by atoms with Crippen LogP contribution in [0.15, 0.2) is 21.9 Å². The summed E-state index contributed by atoms with van der Waals surface area (Å²) in [4.78, 5) is 11.1. The van der Waals surface area contributed by atoms with Crippen LogP contribution >= 0.6 is 11.6 Å². The summed E-state index contributed by atoms with van der Waals surface area (Å²) in [6.07, 6.45) is 0.328. The second-order valence-corrected chi connectivity index (χ2v) is 4.10. The van der Waals surface area contributed by atoms with Gasteiger partial charge in [-0.25, -0.2) is 0 Å². The lowest BCUT2D eigenvalue weighted by Crippen LogP contribution is -2.02. The third-order valence-electron chi connectivity index (χ3n) is 1.68. The number of hydrogen-bond donors (Lipinski definition) is 0. The fourth-order valence-corrected chi connectivity index (χ4v) is 0.722. The summed E-state index contributed by atoms with van der Waals surface area (Å²) in [5.41, 5.74) is 1.79. The zero-order valence-corrected chi connectivity index (χ0v) is 11.2. The van der Waals surface area contributed by atoms with Crippen LogP contribution in [0, 0.1) is 11.8 Å². The predicted molar refractivity (Wildman–Crippen MR) is 66.8 cm³/mol. The first kappa shape index (κ1) is 14.8. The molecule has 0 heterocycles. The second kappa shape index (κ2) is 7.14. The molecule has 0 saturated heterocycles. The molecule has 0 spiro atoms. The van der Waals surface area contributed by atoms with Crippen molar-refractivity contribution < 1.29 is 9.53 Å². The van der Waals surface area contributed by atoms with E-state index >= 15 is 0 Å². The molecule has 0 aromatic carbocycles. The van der Waals surface area contributed by atoms with Gasteiger partial charge in [0.05, 0.1) is 5.03 Å². The van der Waals surface area contributed by atoms with Gasteiger partial charge >= 0.3 is 5.97 Å². The molecule has 0 N–H and O–H groups in total. The number of halogens is 1. The van der Waals surface area contributed by atoms with Crippen LogP contribution in [-0.2, 0) is 9.53 Å². The maximum atomic E-state index is 11.1. The Morgan fingerprint density at radius 3 is 2.06 bits per heavy atom. The third kappa shape index (κ3) is 5.63. The summed E-state index contributed by atoms with van der Waals surface area (Å²) >= 11 is 5.88. The van der Waals surface area contributed by atoms with Crippen LogP contribution in [0.5, 0.6) is 0 Å². The number of carbonyl (C=O) groups excluding carboxylic acids is 1. The van der Waals surface area contributed by atoms with Gasteiger partial charge in [-0.3, -0.25) is 4.79 Å². The fourth-order valence-electron chi connectivity index (χ4n) is 0.675. The lowest BCUT2D eigenvalue weighted by molar-refractivity contribution is -0.138. The summed E-state index contributed by atoms with van der Waals surface area (Å²) in [6, 6.07) is 0. The Morgan fingerprint density at radius 2 is 1.69 bits per heavy atom. The summed E-state index contributed by atoms with van der Waals surface area (Å²) in [5.74, 6) is 5.60. The van der Waals surface area contributed by atoms with Crippen LogP contribution in [0.2, 0.25) is 0 Å². The monoisotopic (exact) mass is 240 g/mol. The first-order valence-electron chi connectivity index (χ1n) is 5.11. The minimum atomic E-state index is -0.293. The molecule has 3 heteroatoms. The van der Waals surface area contributed by atoms with Crippen LogP contribution in [0.1, 0.15) is 41.0 Å². The van der Waals surface area contributed by atoms with E-state index < -0.39 is 0 Å². The molecule has 0 aromatic heterocycles. The minimum Gasteiger partial charge on any atom is -0.417 e. The molecule has 0 aromatic rings. The summed E-state index contributed by atoms with van der Waals surface area (Å²) in [6.45, 7) is 9.16. The van der Waals surface area contributed by atoms with Gasteiger partial charge < -0.3 is 4.74 Å². The van der Waals surface area contributed by atoms with Crippen molar-refractivity contribution in [1.82, 2.24) is 0 Å². The van der Waals surface area contributed by atoms with Crippen molar-refractivity contribution in [3.05, 3.63) is 21.9 Å². The van der Waals surface area contributed by atoms with Gasteiger partial charge in [0.2, 0.25) is 0 Å². The molecule has 0 aliphatic heterocycles. The van der Waals surface area contributed by atoms with Crippen molar-refractivity contribution in [2.75, 3.05) is 0 Å². The first-order chi connectivity index (χ1) is 7.38. The van der Waals surface area contributed by atoms with Crippen molar-refractivity contribution in [3.63, 3.8) is 0 Å². The fraction of sp³-hybridized carbons (Fsp3) is 0.462. The Kier molecular flexibility index (Phi) is 6.60. The lowest BCUT2D eigenvalue weighted by atomic mass is 10.2. The quantitative estimate of drug-likeness (QED) is 0.417. The average Bonchev–Trinajstić information content (AvgIpc) is 2.22. The number of hydrogen-bond acceptors (Lipinski definition) is 2. The molecule has 0 aliphatic carbocycles. The Balaban J connectivity index is 4.95. The molecule has 0 radical (unpaired) electrons. The normalized spacial score (nSPS) is 8.62. The Labute approximate surface area is 102 Å². The Morgan fingerprint density at radius 1 is 1.12 bits per heavy atom. The van der Waals surface area contributed by atoms with Gasteiger partial charge in [-0.05, 0) is 50.7 Å². The zero-order valence-electron chi connectivity index (χ0n) is 10.4. The largest absolute Gasteiger partial charge is 0.417 e. The third-order valence-corrected chi connectivity index (χ3v) is 2.16. The molecule has 0 fully saturated rings. The molecule has 0 aliphatic rings. The van der Waals surface area contributed by atoms with Crippen LogP contribution in [0.4, 0.5) is 0 Å². The predicted octanol–water partition coefficient (Wildman–Crippen LogP) is 3.77. The summed E-state index contributed by atoms with van der Waals surface area (Å²) in [7, 11) is 0. The average molecular weight is 241 g/mol. The van der Waals surface area contributed by atoms with Crippen molar-refractivity contribution in [3.8, 4) is 11.8 Å². The van der Waals surface area contributed by atoms with Crippen molar-refractivity contribution >= 4 is 17.6 Å². The van der Waals surface area contributed by atoms with E-state index in [1.807, 2.05) is 27.7 Å². The molecule has 88 valence electrons. The van der Waals surface area contributed by atoms with Gasteiger partial charge in [0.1, 0.15) is 0 Å². The molecular formula is C13H17ClO2. The molecular weight excluding hydrogens is 224 g/mol. The zero-order chi connectivity index (χ0) is 12.7. The van der Waals surface area contributed by atoms with Gasteiger partial charge in [0, 0.05) is 6.42 Å². The highest BCUT2D eigenvalue weighted by molar-refractivity contribution is 6.32. The first-order valence-corrected chi connectivity index (χ1v) is 5.49.